The highest BCUT2D eigenvalue weighted by Gasteiger charge is 2.28. The molecule has 0 N–H and O–H groups in total. The molecule has 0 bridgehead atoms. The van der Waals surface area contributed by atoms with Gasteiger partial charge in [-0.25, -0.2) is 8.78 Å². The van der Waals surface area contributed by atoms with Gasteiger partial charge >= 0.3 is 0 Å². The number of methoxy groups -OCH3 is 1. The van der Waals surface area contributed by atoms with Crippen molar-refractivity contribution in [3.63, 3.8) is 0 Å². The molecule has 0 unspecified atom stereocenters. The van der Waals surface area contributed by atoms with E-state index in [2.05, 4.69) is 0 Å². The summed E-state index contributed by atoms with van der Waals surface area (Å²) in [6, 6.07) is 7.81. The van der Waals surface area contributed by atoms with Crippen LogP contribution < -0.4 is 9.64 Å². The molecule has 0 atom stereocenters. The normalized spacial score (nSPS) is 13.7. The van der Waals surface area contributed by atoms with Gasteiger partial charge in [0.25, 0.3) is 5.91 Å². The quantitative estimate of drug-likeness (QED) is 0.854. The largest absolute Gasteiger partial charge is 0.497 e. The van der Waals surface area contributed by atoms with Crippen molar-refractivity contribution in [1.82, 2.24) is 0 Å². The molecule has 2 aromatic rings. The van der Waals surface area contributed by atoms with E-state index in [-0.39, 0.29) is 24.3 Å². The van der Waals surface area contributed by atoms with Crippen molar-refractivity contribution in [2.45, 2.75) is 6.42 Å². The highest BCUT2D eigenvalue weighted by Crippen LogP contribution is 2.32. The van der Waals surface area contributed by atoms with E-state index in [0.29, 0.717) is 17.0 Å². The van der Waals surface area contributed by atoms with E-state index in [1.54, 1.807) is 18.2 Å². The van der Waals surface area contributed by atoms with Crippen molar-refractivity contribution in [3.05, 3.63) is 59.2 Å². The van der Waals surface area contributed by atoms with Crippen LogP contribution in [0.25, 0.3) is 0 Å². The average molecular weight is 317 g/mol. The van der Waals surface area contributed by atoms with Crippen LogP contribution in [0.2, 0.25) is 0 Å². The van der Waals surface area contributed by atoms with E-state index in [4.69, 9.17) is 4.74 Å². The zero-order valence-corrected chi connectivity index (χ0v) is 12.3. The van der Waals surface area contributed by atoms with Gasteiger partial charge in [-0.1, -0.05) is 0 Å². The van der Waals surface area contributed by atoms with Crippen molar-refractivity contribution < 1.29 is 23.1 Å². The smallest absolute Gasteiger partial charge is 0.258 e. The SMILES string of the molecule is COc1ccc2c(c1)N(C(=O)c1ccc(F)c(F)c1)CCC2=O. The van der Waals surface area contributed by atoms with Crippen LogP contribution >= 0.6 is 0 Å². The predicted octanol–water partition coefficient (Wildman–Crippen LogP) is 3.21. The molecule has 0 aliphatic carbocycles. The summed E-state index contributed by atoms with van der Waals surface area (Å²) in [5.41, 5.74) is 0.843. The Morgan fingerprint density at radius 1 is 1.13 bits per heavy atom. The highest BCUT2D eigenvalue weighted by molar-refractivity contribution is 6.13. The number of nitrogens with zero attached hydrogens (tertiary/aromatic N) is 1. The third-order valence-electron chi connectivity index (χ3n) is 3.77. The molecule has 0 radical (unpaired) electrons. The second-order valence-corrected chi connectivity index (χ2v) is 5.14. The van der Waals surface area contributed by atoms with Gasteiger partial charge in [0.05, 0.1) is 12.8 Å². The second-order valence-electron chi connectivity index (χ2n) is 5.14. The van der Waals surface area contributed by atoms with Crippen molar-refractivity contribution in [3.8, 4) is 5.75 Å². The van der Waals surface area contributed by atoms with Gasteiger partial charge in [-0.3, -0.25) is 9.59 Å². The number of hydrogen-bond acceptors (Lipinski definition) is 3. The van der Waals surface area contributed by atoms with Gasteiger partial charge in [-0.05, 0) is 30.3 Å². The van der Waals surface area contributed by atoms with Crippen LogP contribution in [0.3, 0.4) is 0 Å². The number of halogens is 2. The Morgan fingerprint density at radius 2 is 1.91 bits per heavy atom. The molecule has 3 rings (SSSR count). The summed E-state index contributed by atoms with van der Waals surface area (Å²) < 4.78 is 31.5. The molecule has 1 heterocycles. The molecule has 1 aliphatic rings. The molecule has 0 spiro atoms. The summed E-state index contributed by atoms with van der Waals surface area (Å²) in [6.07, 6.45) is 0.175. The first kappa shape index (κ1) is 15.1. The molecule has 2 aromatic carbocycles. The standard InChI is InChI=1S/C17H13F2NO3/c1-23-11-3-4-12-15(9-11)20(7-6-16(12)21)17(22)10-2-5-13(18)14(19)8-10/h2-5,8-9H,6-7H2,1H3. The first-order valence-corrected chi connectivity index (χ1v) is 6.99. The molecule has 4 nitrogen and oxygen atoms in total. The van der Waals surface area contributed by atoms with E-state index in [1.807, 2.05) is 0 Å². The lowest BCUT2D eigenvalue weighted by Gasteiger charge is -2.29. The molecule has 1 aliphatic heterocycles. The summed E-state index contributed by atoms with van der Waals surface area (Å²) in [7, 11) is 1.48. The fourth-order valence-electron chi connectivity index (χ4n) is 2.56. The van der Waals surface area contributed by atoms with Gasteiger partial charge < -0.3 is 9.64 Å². The van der Waals surface area contributed by atoms with Crippen molar-refractivity contribution in [2.75, 3.05) is 18.6 Å². The minimum Gasteiger partial charge on any atom is -0.497 e. The number of hydrogen-bond donors (Lipinski definition) is 0. The van der Waals surface area contributed by atoms with Gasteiger partial charge in [0, 0.05) is 30.2 Å². The van der Waals surface area contributed by atoms with E-state index < -0.39 is 17.5 Å². The average Bonchev–Trinajstić information content (AvgIpc) is 2.56. The van der Waals surface area contributed by atoms with Crippen molar-refractivity contribution in [1.29, 1.82) is 0 Å². The molecular weight excluding hydrogens is 304 g/mol. The van der Waals surface area contributed by atoms with Gasteiger partial charge in [0.15, 0.2) is 17.4 Å². The summed E-state index contributed by atoms with van der Waals surface area (Å²) in [5, 5.41) is 0. The molecule has 0 saturated heterocycles. The van der Waals surface area contributed by atoms with Crippen LogP contribution in [0.4, 0.5) is 14.5 Å². The maximum atomic E-state index is 13.4. The lowest BCUT2D eigenvalue weighted by molar-refractivity contribution is 0.0954. The number of carbonyl (C=O) groups is 2. The molecule has 0 fully saturated rings. The minimum atomic E-state index is -1.09. The zero-order valence-electron chi connectivity index (χ0n) is 12.3. The summed E-state index contributed by atoms with van der Waals surface area (Å²) in [4.78, 5) is 26.0. The highest BCUT2D eigenvalue weighted by atomic mass is 19.2. The number of Topliss-reactive ketones (excluding diaryl/α,β-unsaturated/α-hetero) is 1. The fraction of sp³-hybridized carbons (Fsp3) is 0.176. The number of rotatable bonds is 2. The van der Waals surface area contributed by atoms with Crippen LogP contribution in [-0.4, -0.2) is 25.3 Å². The lowest BCUT2D eigenvalue weighted by Crippen LogP contribution is -2.37. The van der Waals surface area contributed by atoms with Crippen LogP contribution in [0.5, 0.6) is 5.75 Å². The Balaban J connectivity index is 2.03. The maximum absolute atomic E-state index is 13.4. The summed E-state index contributed by atoms with van der Waals surface area (Å²) in [5.74, 6) is -2.17. The first-order valence-electron chi connectivity index (χ1n) is 6.99. The number of carbonyl (C=O) groups excluding carboxylic acids is 2. The van der Waals surface area contributed by atoms with Gasteiger partial charge in [-0.15, -0.1) is 0 Å². The van der Waals surface area contributed by atoms with Crippen molar-refractivity contribution in [2.24, 2.45) is 0 Å². The van der Waals surface area contributed by atoms with Crippen LogP contribution in [0.1, 0.15) is 27.1 Å². The maximum Gasteiger partial charge on any atom is 0.258 e. The minimum absolute atomic E-state index is 0.0204. The van der Waals surface area contributed by atoms with Crippen molar-refractivity contribution >= 4 is 17.4 Å². The monoisotopic (exact) mass is 317 g/mol. The molecule has 23 heavy (non-hydrogen) atoms. The number of ether oxygens (including phenoxy) is 1. The van der Waals surface area contributed by atoms with Crippen LogP contribution in [0, 0.1) is 11.6 Å². The third-order valence-corrected chi connectivity index (χ3v) is 3.77. The number of anilines is 1. The topological polar surface area (TPSA) is 46.6 Å². The summed E-state index contributed by atoms with van der Waals surface area (Å²) >= 11 is 0. The number of benzene rings is 2. The van der Waals surface area contributed by atoms with Crippen LogP contribution in [0.15, 0.2) is 36.4 Å². The summed E-state index contributed by atoms with van der Waals surface area (Å²) in [6.45, 7) is 0.177. The van der Waals surface area contributed by atoms with E-state index in [0.717, 1.165) is 12.1 Å². The fourth-order valence-corrected chi connectivity index (χ4v) is 2.56. The lowest BCUT2D eigenvalue weighted by atomic mass is 9.99. The van der Waals surface area contributed by atoms with E-state index in [1.165, 1.54) is 18.1 Å². The van der Waals surface area contributed by atoms with Gasteiger partial charge in [0.1, 0.15) is 5.75 Å². The Morgan fingerprint density at radius 3 is 2.61 bits per heavy atom. The van der Waals surface area contributed by atoms with Crippen LogP contribution in [-0.2, 0) is 0 Å². The third kappa shape index (κ3) is 2.67. The molecule has 1 amide bonds. The second kappa shape index (κ2) is 5.79. The Labute approximate surface area is 131 Å². The van der Waals surface area contributed by atoms with Gasteiger partial charge in [0.2, 0.25) is 0 Å². The zero-order chi connectivity index (χ0) is 16.6. The Kier molecular flexibility index (Phi) is 3.82. The molecule has 6 heteroatoms. The Bertz CT molecular complexity index is 804. The number of fused-ring (bicyclic) bond motifs is 1. The molecule has 0 aromatic heterocycles. The number of ketones is 1. The first-order chi connectivity index (χ1) is 11.0. The molecule has 0 saturated carbocycles. The van der Waals surface area contributed by atoms with Gasteiger partial charge in [-0.2, -0.15) is 0 Å². The van der Waals surface area contributed by atoms with E-state index >= 15 is 0 Å². The number of amides is 1. The predicted molar refractivity (Wildman–Crippen MR) is 80.0 cm³/mol. The van der Waals surface area contributed by atoms with E-state index in [9.17, 15) is 18.4 Å². The Hall–Kier alpha value is -2.76. The molecule has 118 valence electrons. The molecular formula is C17H13F2NO3.